The minimum Gasteiger partial charge on any atom is -0.466 e. The maximum absolute atomic E-state index is 13.5. The monoisotopic (exact) mass is 443 g/mol. The van der Waals surface area contributed by atoms with Crippen LogP contribution in [-0.4, -0.2) is 35.8 Å². The van der Waals surface area contributed by atoms with Crippen molar-refractivity contribution in [3.8, 4) is 0 Å². The summed E-state index contributed by atoms with van der Waals surface area (Å²) in [5, 5.41) is 3.06. The van der Waals surface area contributed by atoms with Crippen LogP contribution < -0.4 is 4.90 Å². The Balaban J connectivity index is 2.20. The number of halogens is 3. The van der Waals surface area contributed by atoms with E-state index in [-0.39, 0.29) is 11.6 Å². The number of amidine groups is 1. The molecule has 2 heterocycles. The lowest BCUT2D eigenvalue weighted by atomic mass is 10.1. The number of nitrogens with zero attached hydrogens (tertiary/aromatic N) is 3. The zero-order chi connectivity index (χ0) is 18.0. The molecule has 1 aliphatic rings. The first-order valence-corrected chi connectivity index (χ1v) is 9.50. The van der Waals surface area contributed by atoms with Gasteiger partial charge in [0.2, 0.25) is 0 Å². The average Bonchev–Trinajstić information content (AvgIpc) is 3.14. The SMILES string of the molecule is COC(=O)C1=C(CBr)N(c2ccc(F)cc2Cl)C(c2nccs2)=NC1. The maximum atomic E-state index is 13.5. The lowest BCUT2D eigenvalue weighted by Crippen LogP contribution is -2.38. The molecule has 2 aromatic rings. The normalized spacial score (nSPS) is 14.6. The molecule has 0 radical (unpaired) electrons. The highest BCUT2D eigenvalue weighted by atomic mass is 79.9. The van der Waals surface area contributed by atoms with Gasteiger partial charge in [0.1, 0.15) is 5.82 Å². The van der Waals surface area contributed by atoms with Crippen molar-refractivity contribution in [2.75, 3.05) is 23.9 Å². The Morgan fingerprint density at radius 2 is 2.32 bits per heavy atom. The Morgan fingerprint density at radius 1 is 1.52 bits per heavy atom. The summed E-state index contributed by atoms with van der Waals surface area (Å²) in [4.78, 5) is 22.7. The topological polar surface area (TPSA) is 54.8 Å². The molecule has 5 nitrogen and oxygen atoms in total. The standard InChI is InChI=1S/C16H12BrClFN3O2S/c1-24-16(23)10-8-21-14(15-20-4-5-25-15)22(13(10)7-17)12-3-2-9(19)6-11(12)18/h2-6H,7-8H2,1H3. The third kappa shape index (κ3) is 3.47. The summed E-state index contributed by atoms with van der Waals surface area (Å²) in [6, 6.07) is 4.07. The van der Waals surface area contributed by atoms with E-state index in [1.165, 1.54) is 30.6 Å². The van der Waals surface area contributed by atoms with Gasteiger partial charge in [-0.05, 0) is 18.2 Å². The van der Waals surface area contributed by atoms with Gasteiger partial charge in [-0.2, -0.15) is 0 Å². The number of methoxy groups -OCH3 is 1. The number of alkyl halides is 1. The third-order valence-electron chi connectivity index (χ3n) is 3.55. The summed E-state index contributed by atoms with van der Waals surface area (Å²) in [6.45, 7) is 0.165. The largest absolute Gasteiger partial charge is 0.466 e. The third-order valence-corrected chi connectivity index (χ3v) is 5.15. The van der Waals surface area contributed by atoms with Crippen LogP contribution in [0, 0.1) is 5.82 Å². The van der Waals surface area contributed by atoms with Crippen molar-refractivity contribution in [3.63, 3.8) is 0 Å². The van der Waals surface area contributed by atoms with Crippen LogP contribution >= 0.6 is 38.9 Å². The number of rotatable bonds is 4. The van der Waals surface area contributed by atoms with Crippen LogP contribution in [0.4, 0.5) is 10.1 Å². The molecule has 0 fully saturated rings. The van der Waals surface area contributed by atoms with Crippen molar-refractivity contribution in [2.24, 2.45) is 4.99 Å². The van der Waals surface area contributed by atoms with Crippen LogP contribution in [0.3, 0.4) is 0 Å². The fourth-order valence-electron chi connectivity index (χ4n) is 2.44. The summed E-state index contributed by atoms with van der Waals surface area (Å²) in [5.74, 6) is -0.374. The fraction of sp³-hybridized carbons (Fsp3) is 0.188. The van der Waals surface area contributed by atoms with E-state index >= 15 is 0 Å². The van der Waals surface area contributed by atoms with E-state index in [0.717, 1.165) is 0 Å². The minimum absolute atomic E-state index is 0.165. The molecule has 130 valence electrons. The summed E-state index contributed by atoms with van der Waals surface area (Å²) in [6.07, 6.45) is 1.67. The number of aromatic nitrogens is 1. The Kier molecular flexibility index (Phi) is 5.51. The lowest BCUT2D eigenvalue weighted by Gasteiger charge is -2.32. The number of ether oxygens (including phenoxy) is 1. The van der Waals surface area contributed by atoms with E-state index in [2.05, 4.69) is 25.9 Å². The molecule has 0 saturated heterocycles. The smallest absolute Gasteiger partial charge is 0.337 e. The lowest BCUT2D eigenvalue weighted by molar-refractivity contribution is -0.136. The van der Waals surface area contributed by atoms with E-state index in [0.29, 0.717) is 33.1 Å². The van der Waals surface area contributed by atoms with Crippen molar-refractivity contribution < 1.29 is 13.9 Å². The van der Waals surface area contributed by atoms with Crippen LogP contribution in [0.15, 0.2) is 46.0 Å². The second kappa shape index (κ2) is 7.63. The second-order valence-electron chi connectivity index (χ2n) is 4.96. The predicted octanol–water partition coefficient (Wildman–Crippen LogP) is 4.02. The quantitative estimate of drug-likeness (QED) is 0.528. The molecule has 1 aromatic carbocycles. The van der Waals surface area contributed by atoms with Crippen molar-refractivity contribution in [3.05, 3.63) is 56.9 Å². The number of allylic oxidation sites excluding steroid dienone is 1. The van der Waals surface area contributed by atoms with Crippen LogP contribution in [0.5, 0.6) is 0 Å². The van der Waals surface area contributed by atoms with E-state index in [4.69, 9.17) is 16.3 Å². The van der Waals surface area contributed by atoms with Crippen molar-refractivity contribution in [2.45, 2.75) is 0 Å². The highest BCUT2D eigenvalue weighted by molar-refractivity contribution is 9.09. The number of aliphatic imine (C=N–C) groups is 1. The summed E-state index contributed by atoms with van der Waals surface area (Å²) >= 11 is 11.1. The highest BCUT2D eigenvalue weighted by Gasteiger charge is 2.31. The van der Waals surface area contributed by atoms with Gasteiger partial charge in [-0.15, -0.1) is 11.3 Å². The summed E-state index contributed by atoms with van der Waals surface area (Å²) < 4.78 is 18.3. The molecule has 0 saturated carbocycles. The Morgan fingerprint density at radius 3 is 2.92 bits per heavy atom. The van der Waals surface area contributed by atoms with Gasteiger partial charge in [-0.3, -0.25) is 9.89 Å². The predicted molar refractivity (Wildman–Crippen MR) is 100 cm³/mol. The maximum Gasteiger partial charge on any atom is 0.337 e. The van der Waals surface area contributed by atoms with Crippen LogP contribution in [0.25, 0.3) is 0 Å². The first-order chi connectivity index (χ1) is 12.1. The number of benzene rings is 1. The van der Waals surface area contributed by atoms with E-state index in [1.54, 1.807) is 17.2 Å². The number of carbonyl (C=O) groups excluding carboxylic acids is 1. The van der Waals surface area contributed by atoms with Crippen molar-refractivity contribution in [1.29, 1.82) is 0 Å². The first-order valence-electron chi connectivity index (χ1n) is 7.12. The van der Waals surface area contributed by atoms with Gasteiger partial charge in [-0.1, -0.05) is 27.5 Å². The Labute approximate surface area is 160 Å². The molecule has 1 aliphatic heterocycles. The highest BCUT2D eigenvalue weighted by Crippen LogP contribution is 2.35. The number of anilines is 1. The van der Waals surface area contributed by atoms with E-state index in [9.17, 15) is 9.18 Å². The molecule has 0 amide bonds. The molecule has 0 bridgehead atoms. The van der Waals surface area contributed by atoms with Crippen LogP contribution in [-0.2, 0) is 9.53 Å². The number of thiazole rings is 1. The summed E-state index contributed by atoms with van der Waals surface area (Å²) in [7, 11) is 1.32. The molecule has 0 atom stereocenters. The molecule has 0 unspecified atom stereocenters. The van der Waals surface area contributed by atoms with Gasteiger partial charge >= 0.3 is 5.97 Å². The minimum atomic E-state index is -0.473. The second-order valence-corrected chi connectivity index (χ2v) is 6.82. The van der Waals surface area contributed by atoms with Crippen molar-refractivity contribution in [1.82, 2.24) is 4.98 Å². The van der Waals surface area contributed by atoms with Gasteiger partial charge in [0, 0.05) is 22.6 Å². The van der Waals surface area contributed by atoms with Crippen LogP contribution in [0.2, 0.25) is 5.02 Å². The van der Waals surface area contributed by atoms with Crippen LogP contribution in [0.1, 0.15) is 5.01 Å². The van der Waals surface area contributed by atoms with Crippen molar-refractivity contribution >= 4 is 56.4 Å². The zero-order valence-corrected chi connectivity index (χ0v) is 16.2. The van der Waals surface area contributed by atoms with Gasteiger partial charge < -0.3 is 4.74 Å². The average molecular weight is 445 g/mol. The Hall–Kier alpha value is -1.77. The molecule has 0 spiro atoms. The Bertz CT molecular complexity index is 870. The molecule has 25 heavy (non-hydrogen) atoms. The molecule has 0 N–H and O–H groups in total. The summed E-state index contributed by atoms with van der Waals surface area (Å²) in [5.41, 5.74) is 1.54. The molecule has 0 aliphatic carbocycles. The molecule has 1 aromatic heterocycles. The van der Waals surface area contributed by atoms with Gasteiger partial charge in [0.25, 0.3) is 0 Å². The molecule has 3 rings (SSSR count). The molecular formula is C16H12BrClFN3O2S. The molecular weight excluding hydrogens is 433 g/mol. The number of hydrogen-bond donors (Lipinski definition) is 0. The van der Waals surface area contributed by atoms with E-state index < -0.39 is 11.8 Å². The van der Waals surface area contributed by atoms with E-state index in [1.807, 2.05) is 5.38 Å². The molecule has 9 heteroatoms. The zero-order valence-electron chi connectivity index (χ0n) is 13.0. The van der Waals surface area contributed by atoms with Gasteiger partial charge in [0.05, 0.1) is 29.9 Å². The number of carbonyl (C=O) groups is 1. The number of esters is 1. The first kappa shape index (κ1) is 18.0. The number of hydrogen-bond acceptors (Lipinski definition) is 6. The van der Waals surface area contributed by atoms with Gasteiger partial charge in [-0.25, -0.2) is 14.2 Å². The fourth-order valence-corrected chi connectivity index (χ4v) is 3.92. The van der Waals surface area contributed by atoms with Gasteiger partial charge in [0.15, 0.2) is 10.8 Å².